The Balaban J connectivity index is 1.87. The maximum atomic E-state index is 13.3. The number of hydrogen-bond acceptors (Lipinski definition) is 4. The third-order valence-electron chi connectivity index (χ3n) is 5.61. The van der Waals surface area contributed by atoms with Gasteiger partial charge in [-0.05, 0) is 68.9 Å². The van der Waals surface area contributed by atoms with E-state index in [1.165, 1.54) is 6.08 Å². The Morgan fingerprint density at radius 1 is 1.42 bits per heavy atom. The number of ether oxygens (including phenoxy) is 1. The molecule has 0 radical (unpaired) electrons. The van der Waals surface area contributed by atoms with Gasteiger partial charge in [-0.3, -0.25) is 4.79 Å². The number of rotatable bonds is 5. The van der Waals surface area contributed by atoms with Gasteiger partial charge >= 0.3 is 0 Å². The first kappa shape index (κ1) is 18.9. The van der Waals surface area contributed by atoms with Gasteiger partial charge in [-0.1, -0.05) is 6.58 Å². The van der Waals surface area contributed by atoms with Crippen LogP contribution in [0.5, 0.6) is 5.75 Å². The predicted octanol–water partition coefficient (Wildman–Crippen LogP) is 2.38. The van der Waals surface area contributed by atoms with E-state index in [9.17, 15) is 13.2 Å². The molecule has 1 spiro atoms. The molecule has 0 bridgehead atoms. The zero-order valence-corrected chi connectivity index (χ0v) is 16.1. The van der Waals surface area contributed by atoms with E-state index < -0.39 is 10.0 Å². The minimum absolute atomic E-state index is 0.00939. The highest BCUT2D eigenvalue weighted by atomic mass is 32.2. The lowest BCUT2D eigenvalue weighted by Gasteiger charge is -2.54. The largest absolute Gasteiger partial charge is 0.496 e. The summed E-state index contributed by atoms with van der Waals surface area (Å²) in [6.07, 6.45) is 5.20. The minimum Gasteiger partial charge on any atom is -0.496 e. The van der Waals surface area contributed by atoms with Crippen molar-refractivity contribution in [2.45, 2.75) is 55.5 Å². The van der Waals surface area contributed by atoms with Gasteiger partial charge < -0.3 is 10.1 Å². The van der Waals surface area contributed by atoms with Gasteiger partial charge in [0.2, 0.25) is 15.9 Å². The Morgan fingerprint density at radius 3 is 2.69 bits per heavy atom. The van der Waals surface area contributed by atoms with E-state index in [0.29, 0.717) is 30.0 Å². The standard InChI is InChI=1S/C19H26N2O4S/c1-4-18(22)20-15-8-11-21(19(13-15)9-5-10-19)26(23,24)16-6-7-17(25-3)14(2)12-16/h4,6-7,12,15H,1,5,8-11,13H2,2-3H3,(H,20,22). The molecule has 2 fully saturated rings. The molecule has 1 aliphatic heterocycles. The molecular weight excluding hydrogens is 352 g/mol. The van der Waals surface area contributed by atoms with Crippen molar-refractivity contribution in [3.05, 3.63) is 36.4 Å². The van der Waals surface area contributed by atoms with Crippen molar-refractivity contribution < 1.29 is 17.9 Å². The first-order chi connectivity index (χ1) is 12.3. The molecule has 1 unspecified atom stereocenters. The molecule has 6 nitrogen and oxygen atoms in total. The summed E-state index contributed by atoms with van der Waals surface area (Å²) >= 11 is 0. The highest BCUT2D eigenvalue weighted by molar-refractivity contribution is 7.89. The highest BCUT2D eigenvalue weighted by Crippen LogP contribution is 2.47. The van der Waals surface area contributed by atoms with E-state index in [0.717, 1.165) is 24.8 Å². The fourth-order valence-electron chi connectivity index (χ4n) is 4.11. The second-order valence-corrected chi connectivity index (χ2v) is 9.05. The zero-order chi connectivity index (χ0) is 18.9. The summed E-state index contributed by atoms with van der Waals surface area (Å²) in [7, 11) is -2.02. The summed E-state index contributed by atoms with van der Waals surface area (Å²) in [5.41, 5.74) is 0.411. The molecule has 2 aliphatic rings. The number of hydrogen-bond donors (Lipinski definition) is 1. The lowest BCUT2D eigenvalue weighted by Crippen LogP contribution is -2.63. The van der Waals surface area contributed by atoms with Gasteiger partial charge in [-0.25, -0.2) is 8.42 Å². The minimum atomic E-state index is -3.59. The van der Waals surface area contributed by atoms with Gasteiger partial charge in [0.1, 0.15) is 5.75 Å². The van der Waals surface area contributed by atoms with E-state index in [1.807, 2.05) is 6.92 Å². The van der Waals surface area contributed by atoms with Crippen LogP contribution in [0.15, 0.2) is 35.7 Å². The molecule has 1 saturated carbocycles. The van der Waals surface area contributed by atoms with Crippen LogP contribution in [0.2, 0.25) is 0 Å². The number of sulfonamides is 1. The van der Waals surface area contributed by atoms with Crippen molar-refractivity contribution >= 4 is 15.9 Å². The van der Waals surface area contributed by atoms with E-state index in [-0.39, 0.29) is 17.5 Å². The SMILES string of the molecule is C=CC(=O)NC1CCN(S(=O)(=O)c2ccc(OC)c(C)c2)C2(CCC2)C1. The summed E-state index contributed by atoms with van der Waals surface area (Å²) < 4.78 is 33.5. The normalized spacial score (nSPS) is 22.5. The predicted molar refractivity (Wildman–Crippen MR) is 99.6 cm³/mol. The molecule has 3 rings (SSSR count). The summed E-state index contributed by atoms with van der Waals surface area (Å²) in [6, 6.07) is 4.97. The summed E-state index contributed by atoms with van der Waals surface area (Å²) in [6.45, 7) is 5.74. The van der Waals surface area contributed by atoms with Crippen LogP contribution < -0.4 is 10.1 Å². The fourth-order valence-corrected chi connectivity index (χ4v) is 6.04. The van der Waals surface area contributed by atoms with Crippen LogP contribution in [0, 0.1) is 6.92 Å². The van der Waals surface area contributed by atoms with E-state index in [1.54, 1.807) is 29.6 Å². The Labute approximate surface area is 155 Å². The molecule has 1 saturated heterocycles. The first-order valence-corrected chi connectivity index (χ1v) is 10.4. The summed E-state index contributed by atoms with van der Waals surface area (Å²) in [5.74, 6) is 0.472. The van der Waals surface area contributed by atoms with Crippen molar-refractivity contribution in [3.8, 4) is 5.75 Å². The van der Waals surface area contributed by atoms with E-state index >= 15 is 0 Å². The van der Waals surface area contributed by atoms with Crippen LogP contribution in [-0.4, -0.2) is 43.9 Å². The fraction of sp³-hybridized carbons (Fsp3) is 0.526. The van der Waals surface area contributed by atoms with Gasteiger partial charge in [0.15, 0.2) is 0 Å². The summed E-state index contributed by atoms with van der Waals surface area (Å²) in [4.78, 5) is 11.9. The molecule has 1 aliphatic carbocycles. The molecule has 1 amide bonds. The number of nitrogens with one attached hydrogen (secondary N) is 1. The smallest absolute Gasteiger partial charge is 0.243 e. The van der Waals surface area contributed by atoms with Crippen molar-refractivity contribution in [1.29, 1.82) is 0 Å². The third kappa shape index (κ3) is 3.25. The lowest BCUT2D eigenvalue weighted by atomic mass is 9.70. The number of nitrogens with zero attached hydrogens (tertiary/aromatic N) is 1. The number of aryl methyl sites for hydroxylation is 1. The maximum Gasteiger partial charge on any atom is 0.243 e. The van der Waals surface area contributed by atoms with Crippen LogP contribution in [-0.2, 0) is 14.8 Å². The summed E-state index contributed by atoms with van der Waals surface area (Å²) in [5, 5.41) is 2.93. The van der Waals surface area contributed by atoms with Crippen LogP contribution in [0.3, 0.4) is 0 Å². The van der Waals surface area contributed by atoms with Crippen LogP contribution in [0.4, 0.5) is 0 Å². The molecule has 1 heterocycles. The topological polar surface area (TPSA) is 75.7 Å². The third-order valence-corrected chi connectivity index (χ3v) is 7.61. The Kier molecular flexibility index (Phi) is 5.12. The van der Waals surface area contributed by atoms with Gasteiger partial charge in [0.25, 0.3) is 0 Å². The monoisotopic (exact) mass is 378 g/mol. The van der Waals surface area contributed by atoms with Crippen LogP contribution in [0.1, 0.15) is 37.7 Å². The number of piperidine rings is 1. The van der Waals surface area contributed by atoms with Gasteiger partial charge in [0, 0.05) is 18.1 Å². The average molecular weight is 378 g/mol. The van der Waals surface area contributed by atoms with Crippen LogP contribution >= 0.6 is 0 Å². The van der Waals surface area contributed by atoms with Crippen molar-refractivity contribution in [1.82, 2.24) is 9.62 Å². The molecule has 1 aromatic rings. The molecule has 1 aromatic carbocycles. The van der Waals surface area contributed by atoms with Gasteiger partial charge in [-0.15, -0.1) is 0 Å². The maximum absolute atomic E-state index is 13.3. The van der Waals surface area contributed by atoms with Gasteiger partial charge in [-0.2, -0.15) is 4.31 Å². The molecule has 1 N–H and O–H groups in total. The van der Waals surface area contributed by atoms with Gasteiger partial charge in [0.05, 0.1) is 12.0 Å². The van der Waals surface area contributed by atoms with Crippen molar-refractivity contribution in [2.75, 3.05) is 13.7 Å². The Morgan fingerprint density at radius 2 is 2.15 bits per heavy atom. The Hall–Kier alpha value is -1.86. The molecule has 7 heteroatoms. The van der Waals surface area contributed by atoms with E-state index in [2.05, 4.69) is 11.9 Å². The average Bonchev–Trinajstić information content (AvgIpc) is 2.59. The number of carbonyl (C=O) groups is 1. The number of benzene rings is 1. The number of carbonyl (C=O) groups excluding carboxylic acids is 1. The molecule has 26 heavy (non-hydrogen) atoms. The van der Waals surface area contributed by atoms with Crippen molar-refractivity contribution in [3.63, 3.8) is 0 Å². The molecule has 142 valence electrons. The van der Waals surface area contributed by atoms with E-state index in [4.69, 9.17) is 4.74 Å². The highest BCUT2D eigenvalue weighted by Gasteiger charge is 2.51. The van der Waals surface area contributed by atoms with Crippen molar-refractivity contribution in [2.24, 2.45) is 0 Å². The second-order valence-electron chi connectivity index (χ2n) is 7.19. The Bertz CT molecular complexity index is 815. The number of amides is 1. The second kappa shape index (κ2) is 7.04. The number of methoxy groups -OCH3 is 1. The van der Waals surface area contributed by atoms with Crippen LogP contribution in [0.25, 0.3) is 0 Å². The lowest BCUT2D eigenvalue weighted by molar-refractivity contribution is -0.117. The zero-order valence-electron chi connectivity index (χ0n) is 15.3. The molecule has 1 atom stereocenters. The quantitative estimate of drug-likeness (QED) is 0.798. The molecular formula is C19H26N2O4S. The molecule has 0 aromatic heterocycles. The first-order valence-electron chi connectivity index (χ1n) is 8.93.